The zero-order valence-corrected chi connectivity index (χ0v) is 25.3. The minimum Gasteiger partial charge on any atom is -0.493 e. The first kappa shape index (κ1) is 31.8. The highest BCUT2D eigenvalue weighted by molar-refractivity contribution is 7.20. The standard InChI is InChI=1S/C30H33F2NO9S/c1-30(2,3)42-29(37)33-14-16-11-20(38-4)27(26(32)18(16)15-33)40-9-6-10-41-28-21(39-5)13-22-17(25(28)31)12-23(43-22)19(34)7-8-24(35)36/h11-13H,6-10,14-15H2,1-5H3,(H,35,36). The predicted octanol–water partition coefficient (Wildman–Crippen LogP) is 6.34. The first-order valence-electron chi connectivity index (χ1n) is 13.5. The third-order valence-corrected chi connectivity index (χ3v) is 7.61. The number of thiophene rings is 1. The van der Waals surface area contributed by atoms with Gasteiger partial charge in [-0.05, 0) is 38.5 Å². The Balaban J connectivity index is 1.40. The van der Waals surface area contributed by atoms with Gasteiger partial charge in [0.05, 0.1) is 45.3 Å². The Labute approximate surface area is 251 Å². The zero-order chi connectivity index (χ0) is 31.5. The molecule has 0 unspecified atom stereocenters. The van der Waals surface area contributed by atoms with Crippen LogP contribution in [-0.4, -0.2) is 60.9 Å². The van der Waals surface area contributed by atoms with Gasteiger partial charge in [-0.1, -0.05) is 0 Å². The second-order valence-electron chi connectivity index (χ2n) is 10.8. The highest BCUT2D eigenvalue weighted by Gasteiger charge is 2.32. The van der Waals surface area contributed by atoms with E-state index in [0.29, 0.717) is 15.8 Å². The fourth-order valence-electron chi connectivity index (χ4n) is 4.48. The first-order valence-corrected chi connectivity index (χ1v) is 14.3. The highest BCUT2D eigenvalue weighted by Crippen LogP contribution is 2.41. The van der Waals surface area contributed by atoms with Crippen molar-refractivity contribution in [2.24, 2.45) is 0 Å². The Bertz CT molecular complexity index is 1550. The summed E-state index contributed by atoms with van der Waals surface area (Å²) in [5.74, 6) is -2.80. The number of nitrogens with zero attached hydrogens (tertiary/aromatic N) is 1. The SMILES string of the molecule is COc1cc2c(c(F)c1OCCCOc1c(OC)cc3sc(C(=O)CCC(=O)O)cc3c1F)CN(C(=O)OC(C)(C)C)C2. The zero-order valence-electron chi connectivity index (χ0n) is 24.5. The van der Waals surface area contributed by atoms with E-state index in [1.807, 2.05) is 0 Å². The van der Waals surface area contributed by atoms with Gasteiger partial charge in [0.1, 0.15) is 5.60 Å². The summed E-state index contributed by atoms with van der Waals surface area (Å²) < 4.78 is 58.8. The van der Waals surface area contributed by atoms with Crippen molar-refractivity contribution in [2.75, 3.05) is 27.4 Å². The molecule has 43 heavy (non-hydrogen) atoms. The normalized spacial score (nSPS) is 12.7. The largest absolute Gasteiger partial charge is 0.493 e. The van der Waals surface area contributed by atoms with E-state index in [-0.39, 0.29) is 78.8 Å². The molecule has 0 fully saturated rings. The van der Waals surface area contributed by atoms with E-state index in [4.69, 9.17) is 28.8 Å². The maximum Gasteiger partial charge on any atom is 0.410 e. The lowest BCUT2D eigenvalue weighted by molar-refractivity contribution is -0.136. The molecule has 3 aromatic rings. The molecule has 2 aromatic carbocycles. The smallest absolute Gasteiger partial charge is 0.410 e. The van der Waals surface area contributed by atoms with Gasteiger partial charge < -0.3 is 28.8 Å². The molecule has 0 saturated heterocycles. The van der Waals surface area contributed by atoms with Crippen LogP contribution in [0, 0.1) is 11.6 Å². The molecule has 1 aliphatic heterocycles. The van der Waals surface area contributed by atoms with E-state index in [1.165, 1.54) is 25.2 Å². The molecule has 10 nitrogen and oxygen atoms in total. The number of carboxylic acid groups (broad SMARTS) is 1. The maximum atomic E-state index is 15.5. The minimum absolute atomic E-state index is 0.00534. The number of methoxy groups -OCH3 is 2. The molecule has 1 aromatic heterocycles. The van der Waals surface area contributed by atoms with E-state index in [2.05, 4.69) is 0 Å². The number of benzene rings is 2. The third kappa shape index (κ3) is 7.27. The summed E-state index contributed by atoms with van der Waals surface area (Å²) in [6.07, 6.45) is -0.818. The number of Topliss-reactive ketones (excluding diaryl/α,β-unsaturated/α-hetero) is 1. The summed E-state index contributed by atoms with van der Waals surface area (Å²) in [4.78, 5) is 37.3. The van der Waals surface area contributed by atoms with Gasteiger partial charge in [0.15, 0.2) is 40.4 Å². The Hall–Kier alpha value is -4.13. The van der Waals surface area contributed by atoms with Crippen LogP contribution in [0.5, 0.6) is 23.0 Å². The molecule has 1 amide bonds. The van der Waals surface area contributed by atoms with Gasteiger partial charge in [-0.2, -0.15) is 0 Å². The van der Waals surface area contributed by atoms with Gasteiger partial charge in [0.2, 0.25) is 0 Å². The molecule has 13 heteroatoms. The third-order valence-electron chi connectivity index (χ3n) is 6.49. The number of amides is 1. The number of ketones is 1. The van der Waals surface area contributed by atoms with Crippen molar-refractivity contribution in [3.05, 3.63) is 45.8 Å². The topological polar surface area (TPSA) is 121 Å². The van der Waals surface area contributed by atoms with Crippen LogP contribution >= 0.6 is 11.3 Å². The number of aliphatic carboxylic acids is 1. The molecule has 0 saturated carbocycles. The van der Waals surface area contributed by atoms with Gasteiger partial charge in [0, 0.05) is 41.1 Å². The van der Waals surface area contributed by atoms with Gasteiger partial charge in [0.25, 0.3) is 0 Å². The number of hydrogen-bond donors (Lipinski definition) is 1. The molecule has 0 aliphatic carbocycles. The quantitative estimate of drug-likeness (QED) is 0.182. The van der Waals surface area contributed by atoms with E-state index in [9.17, 15) is 14.4 Å². The second-order valence-corrected chi connectivity index (χ2v) is 11.9. The van der Waals surface area contributed by atoms with Crippen LogP contribution in [0.4, 0.5) is 13.6 Å². The molecule has 0 spiro atoms. The number of halogens is 2. The average molecular weight is 622 g/mol. The number of hydrogen-bond acceptors (Lipinski definition) is 9. The lowest BCUT2D eigenvalue weighted by atomic mass is 10.1. The molecular formula is C30H33F2NO9S. The van der Waals surface area contributed by atoms with Crippen molar-refractivity contribution in [1.82, 2.24) is 4.90 Å². The van der Waals surface area contributed by atoms with E-state index in [1.54, 1.807) is 32.9 Å². The van der Waals surface area contributed by atoms with Gasteiger partial charge in [-0.3, -0.25) is 14.5 Å². The van der Waals surface area contributed by atoms with Crippen LogP contribution < -0.4 is 18.9 Å². The molecule has 232 valence electrons. The second kappa shape index (κ2) is 13.0. The summed E-state index contributed by atoms with van der Waals surface area (Å²) >= 11 is 1.04. The lowest BCUT2D eigenvalue weighted by Gasteiger charge is -2.24. The van der Waals surface area contributed by atoms with Crippen LogP contribution in [0.1, 0.15) is 60.8 Å². The minimum atomic E-state index is -1.09. The molecule has 4 rings (SSSR count). The van der Waals surface area contributed by atoms with Crippen molar-refractivity contribution in [2.45, 2.75) is 58.7 Å². The number of fused-ring (bicyclic) bond motifs is 2. The summed E-state index contributed by atoms with van der Waals surface area (Å²) in [5, 5.41) is 8.98. The average Bonchev–Trinajstić information content (AvgIpc) is 3.57. The lowest BCUT2D eigenvalue weighted by Crippen LogP contribution is -2.33. The molecule has 1 aliphatic rings. The Morgan fingerprint density at radius 3 is 2.16 bits per heavy atom. The Morgan fingerprint density at radius 1 is 0.930 bits per heavy atom. The summed E-state index contributed by atoms with van der Waals surface area (Å²) in [5.41, 5.74) is 0.218. The number of carbonyl (C=O) groups is 3. The number of carbonyl (C=O) groups excluding carboxylic acids is 2. The van der Waals surface area contributed by atoms with Crippen LogP contribution in [0.15, 0.2) is 18.2 Å². The van der Waals surface area contributed by atoms with Crippen molar-refractivity contribution in [1.29, 1.82) is 0 Å². The fraction of sp³-hybridized carbons (Fsp3) is 0.433. The molecular weight excluding hydrogens is 588 g/mol. The molecule has 2 heterocycles. The van der Waals surface area contributed by atoms with E-state index in [0.717, 1.165) is 11.3 Å². The van der Waals surface area contributed by atoms with Crippen LogP contribution in [-0.2, 0) is 22.6 Å². The van der Waals surface area contributed by atoms with E-state index >= 15 is 8.78 Å². The van der Waals surface area contributed by atoms with Crippen LogP contribution in [0.2, 0.25) is 0 Å². The summed E-state index contributed by atoms with van der Waals surface area (Å²) in [6, 6.07) is 4.56. The summed E-state index contributed by atoms with van der Waals surface area (Å²) in [7, 11) is 2.74. The van der Waals surface area contributed by atoms with Gasteiger partial charge >= 0.3 is 12.1 Å². The number of rotatable bonds is 12. The van der Waals surface area contributed by atoms with Crippen molar-refractivity contribution in [3.63, 3.8) is 0 Å². The summed E-state index contributed by atoms with van der Waals surface area (Å²) in [6.45, 7) is 5.46. The van der Waals surface area contributed by atoms with Crippen molar-refractivity contribution >= 4 is 39.3 Å². The molecule has 0 atom stereocenters. The van der Waals surface area contributed by atoms with E-state index < -0.39 is 35.1 Å². The molecule has 0 bridgehead atoms. The first-order chi connectivity index (χ1) is 20.3. The van der Waals surface area contributed by atoms with Crippen molar-refractivity contribution < 1.29 is 52.0 Å². The number of carboxylic acids is 1. The van der Waals surface area contributed by atoms with Crippen LogP contribution in [0.3, 0.4) is 0 Å². The van der Waals surface area contributed by atoms with Crippen molar-refractivity contribution in [3.8, 4) is 23.0 Å². The predicted molar refractivity (Wildman–Crippen MR) is 154 cm³/mol. The maximum absolute atomic E-state index is 15.5. The van der Waals surface area contributed by atoms with Gasteiger partial charge in [-0.15, -0.1) is 11.3 Å². The highest BCUT2D eigenvalue weighted by atomic mass is 32.1. The van der Waals surface area contributed by atoms with Crippen LogP contribution in [0.25, 0.3) is 10.1 Å². The molecule has 1 N–H and O–H groups in total. The Kier molecular flexibility index (Phi) is 9.63. The fourth-order valence-corrected chi connectivity index (χ4v) is 5.53. The molecule has 0 radical (unpaired) electrons. The number of ether oxygens (including phenoxy) is 5. The van der Waals surface area contributed by atoms with Gasteiger partial charge in [-0.25, -0.2) is 13.6 Å². The monoisotopic (exact) mass is 621 g/mol. The Morgan fingerprint density at radius 2 is 1.56 bits per heavy atom.